The lowest BCUT2D eigenvalue weighted by Crippen LogP contribution is -2.54. The van der Waals surface area contributed by atoms with E-state index in [2.05, 4.69) is 0 Å². The number of benzene rings is 2. The molecular weight excluding hydrogens is 408 g/mol. The van der Waals surface area contributed by atoms with Gasteiger partial charge in [-0.15, -0.1) is 0 Å². The molecule has 3 aliphatic heterocycles. The molecule has 1 fully saturated rings. The standard InChI is InChI=1S/C25H24N2O5/c1-15-7-8-19-20(28)13-25(32-22(19)16(15)2)9-11-26(12-10-25)21(29)14-27-23(30)17-5-3-4-6-18(17)24(27)31/h3-8H,9-14H2,1-2H3. The maximum Gasteiger partial charge on any atom is 0.262 e. The van der Waals surface area contributed by atoms with Gasteiger partial charge in [0.1, 0.15) is 17.9 Å². The van der Waals surface area contributed by atoms with Crippen LogP contribution >= 0.6 is 0 Å². The van der Waals surface area contributed by atoms with E-state index in [1.165, 1.54) is 0 Å². The summed E-state index contributed by atoms with van der Waals surface area (Å²) in [6.45, 7) is 4.50. The van der Waals surface area contributed by atoms with Crippen molar-refractivity contribution >= 4 is 23.5 Å². The van der Waals surface area contributed by atoms with E-state index < -0.39 is 17.4 Å². The van der Waals surface area contributed by atoms with Crippen molar-refractivity contribution in [2.45, 2.75) is 38.7 Å². The van der Waals surface area contributed by atoms with Gasteiger partial charge in [0, 0.05) is 25.9 Å². The lowest BCUT2D eigenvalue weighted by Gasteiger charge is -2.44. The summed E-state index contributed by atoms with van der Waals surface area (Å²) in [6.07, 6.45) is 1.35. The number of carbonyl (C=O) groups is 4. The van der Waals surface area contributed by atoms with Crippen molar-refractivity contribution in [2.75, 3.05) is 19.6 Å². The fraction of sp³-hybridized carbons (Fsp3) is 0.360. The molecule has 0 aromatic heterocycles. The van der Waals surface area contributed by atoms with Crippen LogP contribution in [0.5, 0.6) is 5.75 Å². The minimum atomic E-state index is -0.616. The molecule has 5 rings (SSSR count). The number of ether oxygens (including phenoxy) is 1. The van der Waals surface area contributed by atoms with Crippen LogP contribution in [0.3, 0.4) is 0 Å². The molecule has 0 unspecified atom stereocenters. The minimum absolute atomic E-state index is 0.0696. The second kappa shape index (κ2) is 7.29. The molecule has 7 heteroatoms. The van der Waals surface area contributed by atoms with Crippen molar-refractivity contribution < 1.29 is 23.9 Å². The minimum Gasteiger partial charge on any atom is -0.486 e. The molecule has 0 N–H and O–H groups in total. The van der Waals surface area contributed by atoms with Crippen LogP contribution in [0.1, 0.15) is 61.5 Å². The highest BCUT2D eigenvalue weighted by molar-refractivity contribution is 6.22. The van der Waals surface area contributed by atoms with E-state index in [4.69, 9.17) is 4.74 Å². The van der Waals surface area contributed by atoms with Crippen LogP contribution in [0, 0.1) is 13.8 Å². The number of aryl methyl sites for hydroxylation is 1. The van der Waals surface area contributed by atoms with Gasteiger partial charge in [0.25, 0.3) is 11.8 Å². The average molecular weight is 432 g/mol. The number of hydrogen-bond acceptors (Lipinski definition) is 5. The molecule has 3 heterocycles. The number of hydrogen-bond donors (Lipinski definition) is 0. The predicted octanol–water partition coefficient (Wildman–Crippen LogP) is 2.93. The third-order valence-electron chi connectivity index (χ3n) is 6.98. The number of amides is 3. The number of fused-ring (bicyclic) bond motifs is 2. The fourth-order valence-electron chi connectivity index (χ4n) is 4.84. The molecule has 3 aliphatic rings. The normalized spacial score (nSPS) is 19.1. The Morgan fingerprint density at radius 2 is 1.56 bits per heavy atom. The number of rotatable bonds is 2. The van der Waals surface area contributed by atoms with Crippen LogP contribution in [0.2, 0.25) is 0 Å². The van der Waals surface area contributed by atoms with Crippen molar-refractivity contribution in [3.8, 4) is 5.75 Å². The Morgan fingerprint density at radius 3 is 2.19 bits per heavy atom. The molecule has 1 saturated heterocycles. The number of ketones is 1. The monoisotopic (exact) mass is 432 g/mol. The number of piperidine rings is 1. The van der Waals surface area contributed by atoms with Gasteiger partial charge in [-0.2, -0.15) is 0 Å². The maximum atomic E-state index is 12.9. The molecule has 1 spiro atoms. The molecule has 164 valence electrons. The summed E-state index contributed by atoms with van der Waals surface area (Å²) in [5, 5.41) is 0. The van der Waals surface area contributed by atoms with E-state index in [1.54, 1.807) is 29.2 Å². The van der Waals surface area contributed by atoms with Crippen LogP contribution in [0.4, 0.5) is 0 Å². The van der Waals surface area contributed by atoms with Crippen molar-refractivity contribution in [3.63, 3.8) is 0 Å². The first kappa shape index (κ1) is 20.4. The Hall–Kier alpha value is -3.48. The quantitative estimate of drug-likeness (QED) is 0.682. The fourth-order valence-corrected chi connectivity index (χ4v) is 4.84. The largest absolute Gasteiger partial charge is 0.486 e. The number of imide groups is 1. The first-order chi connectivity index (χ1) is 15.3. The topological polar surface area (TPSA) is 84.0 Å². The summed E-state index contributed by atoms with van der Waals surface area (Å²) < 4.78 is 6.40. The summed E-state index contributed by atoms with van der Waals surface area (Å²) in [6, 6.07) is 10.4. The zero-order chi connectivity index (χ0) is 22.6. The average Bonchev–Trinajstić information content (AvgIpc) is 3.02. The molecule has 7 nitrogen and oxygen atoms in total. The second-order valence-corrected chi connectivity index (χ2v) is 8.89. The van der Waals surface area contributed by atoms with E-state index in [1.807, 2.05) is 26.0 Å². The van der Waals surface area contributed by atoms with Gasteiger partial charge in [0.05, 0.1) is 23.1 Å². The summed E-state index contributed by atoms with van der Waals surface area (Å²) in [5.41, 5.74) is 2.72. The number of nitrogens with zero attached hydrogens (tertiary/aromatic N) is 2. The SMILES string of the molecule is Cc1ccc2c(c1C)OC1(CCN(C(=O)CN3C(=O)c4ccccc4C3=O)CC1)CC2=O. The van der Waals surface area contributed by atoms with E-state index in [9.17, 15) is 19.2 Å². The van der Waals surface area contributed by atoms with Gasteiger partial charge >= 0.3 is 0 Å². The summed E-state index contributed by atoms with van der Waals surface area (Å²) in [4.78, 5) is 53.5. The highest BCUT2D eigenvalue weighted by Gasteiger charge is 2.45. The van der Waals surface area contributed by atoms with Gasteiger partial charge in [0.2, 0.25) is 5.91 Å². The highest BCUT2D eigenvalue weighted by Crippen LogP contribution is 2.41. The molecular formula is C25H24N2O5. The smallest absolute Gasteiger partial charge is 0.262 e. The Kier molecular flexibility index (Phi) is 4.65. The van der Waals surface area contributed by atoms with Crippen molar-refractivity contribution in [1.82, 2.24) is 9.80 Å². The van der Waals surface area contributed by atoms with Crippen molar-refractivity contribution in [1.29, 1.82) is 0 Å². The lowest BCUT2D eigenvalue weighted by atomic mass is 9.81. The van der Waals surface area contributed by atoms with E-state index in [0.717, 1.165) is 16.0 Å². The molecule has 32 heavy (non-hydrogen) atoms. The van der Waals surface area contributed by atoms with Crippen LogP contribution < -0.4 is 4.74 Å². The Morgan fingerprint density at radius 1 is 0.938 bits per heavy atom. The van der Waals surface area contributed by atoms with E-state index in [-0.39, 0.29) is 18.2 Å². The third-order valence-corrected chi connectivity index (χ3v) is 6.98. The van der Waals surface area contributed by atoms with Gasteiger partial charge in [-0.1, -0.05) is 18.2 Å². The number of Topliss-reactive ketones (excluding diaryl/α,β-unsaturated/α-hetero) is 1. The lowest BCUT2D eigenvalue weighted by molar-refractivity contribution is -0.135. The van der Waals surface area contributed by atoms with Crippen LogP contribution in [0.25, 0.3) is 0 Å². The predicted molar refractivity (Wildman–Crippen MR) is 116 cm³/mol. The van der Waals surface area contributed by atoms with E-state index >= 15 is 0 Å². The summed E-state index contributed by atoms with van der Waals surface area (Å²) >= 11 is 0. The van der Waals surface area contributed by atoms with Crippen molar-refractivity contribution in [2.24, 2.45) is 0 Å². The Labute approximate surface area is 185 Å². The van der Waals surface area contributed by atoms with E-state index in [0.29, 0.717) is 54.8 Å². The summed E-state index contributed by atoms with van der Waals surface area (Å²) in [5.74, 6) is -0.414. The van der Waals surface area contributed by atoms with Gasteiger partial charge < -0.3 is 9.64 Å². The Balaban J connectivity index is 1.27. The molecule has 0 aliphatic carbocycles. The number of carbonyl (C=O) groups excluding carboxylic acids is 4. The molecule has 0 bridgehead atoms. The van der Waals surface area contributed by atoms with Gasteiger partial charge in [-0.05, 0) is 43.2 Å². The molecule has 0 saturated carbocycles. The van der Waals surface area contributed by atoms with Gasteiger partial charge in [-0.25, -0.2) is 0 Å². The highest BCUT2D eigenvalue weighted by atomic mass is 16.5. The third kappa shape index (κ3) is 3.11. The molecule has 0 atom stereocenters. The molecule has 2 aromatic rings. The van der Waals surface area contributed by atoms with Crippen molar-refractivity contribution in [3.05, 3.63) is 64.2 Å². The second-order valence-electron chi connectivity index (χ2n) is 8.89. The number of likely N-dealkylation sites (tertiary alicyclic amines) is 1. The van der Waals surface area contributed by atoms with Crippen LogP contribution in [-0.2, 0) is 4.79 Å². The van der Waals surface area contributed by atoms with Gasteiger partial charge in [0.15, 0.2) is 5.78 Å². The Bertz CT molecular complexity index is 1140. The molecule has 3 amide bonds. The van der Waals surface area contributed by atoms with Crippen LogP contribution in [-0.4, -0.2) is 58.5 Å². The zero-order valence-electron chi connectivity index (χ0n) is 18.1. The summed E-state index contributed by atoms with van der Waals surface area (Å²) in [7, 11) is 0. The first-order valence-electron chi connectivity index (χ1n) is 10.9. The molecule has 0 radical (unpaired) electrons. The van der Waals surface area contributed by atoms with Crippen LogP contribution in [0.15, 0.2) is 36.4 Å². The first-order valence-corrected chi connectivity index (χ1v) is 10.9. The zero-order valence-corrected chi connectivity index (χ0v) is 18.1. The maximum absolute atomic E-state index is 12.9. The molecule has 2 aromatic carbocycles. The van der Waals surface area contributed by atoms with Gasteiger partial charge in [-0.3, -0.25) is 24.1 Å².